The Hall–Kier alpha value is -2.21. The molecule has 2 rings (SSSR count). The first-order valence-corrected chi connectivity index (χ1v) is 7.28. The maximum absolute atomic E-state index is 13.3. The third kappa shape index (κ3) is 5.00. The molecule has 4 nitrogen and oxygen atoms in total. The molecular formula is C15H15FN2O2S. The van der Waals surface area contributed by atoms with E-state index in [-0.39, 0.29) is 18.3 Å². The molecule has 0 atom stereocenters. The van der Waals surface area contributed by atoms with Gasteiger partial charge in [-0.05, 0) is 25.1 Å². The Bertz CT molecular complexity index is 640. The molecule has 1 aromatic heterocycles. The van der Waals surface area contributed by atoms with E-state index in [4.69, 9.17) is 4.74 Å². The summed E-state index contributed by atoms with van der Waals surface area (Å²) in [6.45, 7) is 2.41. The van der Waals surface area contributed by atoms with Crippen LogP contribution in [0, 0.1) is 12.7 Å². The fraction of sp³-hybridized carbons (Fsp3) is 0.200. The lowest BCUT2D eigenvalue weighted by molar-refractivity contribution is -0.116. The van der Waals surface area contributed by atoms with Gasteiger partial charge in [0.05, 0.1) is 17.2 Å². The number of hydrogen-bond donors (Lipinski definition) is 1. The molecule has 0 saturated carbocycles. The van der Waals surface area contributed by atoms with Gasteiger partial charge in [0.1, 0.15) is 6.61 Å². The van der Waals surface area contributed by atoms with E-state index >= 15 is 0 Å². The minimum Gasteiger partial charge on any atom is -0.489 e. The van der Waals surface area contributed by atoms with Crippen molar-refractivity contribution in [2.45, 2.75) is 6.92 Å². The molecule has 1 amide bonds. The van der Waals surface area contributed by atoms with Gasteiger partial charge in [-0.2, -0.15) is 0 Å². The Balaban J connectivity index is 1.70. The van der Waals surface area contributed by atoms with E-state index in [0.29, 0.717) is 6.54 Å². The Morgan fingerprint density at radius 3 is 3.00 bits per heavy atom. The van der Waals surface area contributed by atoms with E-state index in [2.05, 4.69) is 10.3 Å². The van der Waals surface area contributed by atoms with Gasteiger partial charge in [0.2, 0.25) is 5.91 Å². The first-order valence-electron chi connectivity index (χ1n) is 6.40. The lowest BCUT2D eigenvalue weighted by atomic mass is 10.3. The van der Waals surface area contributed by atoms with Crippen molar-refractivity contribution in [2.24, 2.45) is 0 Å². The number of ether oxygens (including phenoxy) is 1. The summed E-state index contributed by atoms with van der Waals surface area (Å²) in [5.41, 5.74) is 0.759. The van der Waals surface area contributed by atoms with Crippen LogP contribution in [-0.2, 0) is 4.79 Å². The molecule has 0 unspecified atom stereocenters. The Labute approximate surface area is 126 Å². The van der Waals surface area contributed by atoms with Crippen molar-refractivity contribution < 1.29 is 13.9 Å². The monoisotopic (exact) mass is 306 g/mol. The van der Waals surface area contributed by atoms with Crippen LogP contribution in [0.15, 0.2) is 35.7 Å². The van der Waals surface area contributed by atoms with Gasteiger partial charge in [0, 0.05) is 11.5 Å². The highest BCUT2D eigenvalue weighted by Crippen LogP contribution is 2.14. The summed E-state index contributed by atoms with van der Waals surface area (Å²) in [5, 5.41) is 5.48. The van der Waals surface area contributed by atoms with Gasteiger partial charge in [-0.25, -0.2) is 9.37 Å². The predicted octanol–water partition coefficient (Wildman–Crippen LogP) is 2.80. The van der Waals surface area contributed by atoms with Crippen molar-refractivity contribution in [3.8, 4) is 5.75 Å². The molecule has 110 valence electrons. The third-order valence-corrected chi connectivity index (χ3v) is 3.33. The topological polar surface area (TPSA) is 51.2 Å². The molecule has 0 fully saturated rings. The fourth-order valence-electron chi connectivity index (χ4n) is 1.57. The van der Waals surface area contributed by atoms with Crippen molar-refractivity contribution in [3.05, 3.63) is 52.2 Å². The molecule has 1 heterocycles. The summed E-state index contributed by atoms with van der Waals surface area (Å²) < 4.78 is 18.5. The van der Waals surface area contributed by atoms with Gasteiger partial charge >= 0.3 is 0 Å². The summed E-state index contributed by atoms with van der Waals surface area (Å²) in [7, 11) is 0. The minimum absolute atomic E-state index is 0.181. The van der Waals surface area contributed by atoms with E-state index in [1.807, 2.05) is 12.3 Å². The maximum atomic E-state index is 13.3. The number of carbonyl (C=O) groups excluding carboxylic acids is 1. The van der Waals surface area contributed by atoms with Gasteiger partial charge < -0.3 is 10.1 Å². The fourth-order valence-corrected chi connectivity index (χ4v) is 2.15. The molecule has 0 aliphatic heterocycles. The molecular weight excluding hydrogens is 291 g/mol. The number of para-hydroxylation sites is 1. The molecule has 0 aliphatic rings. The molecule has 0 spiro atoms. The van der Waals surface area contributed by atoms with Gasteiger partial charge in [0.25, 0.3) is 0 Å². The SMILES string of the molecule is Cc1nc(/C=C/C(=O)NCCOc2ccccc2F)cs1. The van der Waals surface area contributed by atoms with Crippen molar-refractivity contribution >= 4 is 23.3 Å². The van der Waals surface area contributed by atoms with Crippen LogP contribution in [0.1, 0.15) is 10.7 Å². The summed E-state index contributed by atoms with van der Waals surface area (Å²) in [6.07, 6.45) is 3.06. The van der Waals surface area contributed by atoms with Crippen LogP contribution < -0.4 is 10.1 Å². The van der Waals surface area contributed by atoms with E-state index in [9.17, 15) is 9.18 Å². The number of halogens is 1. The van der Waals surface area contributed by atoms with E-state index < -0.39 is 5.82 Å². The van der Waals surface area contributed by atoms with Crippen LogP contribution in [0.25, 0.3) is 6.08 Å². The standard InChI is InChI=1S/C15H15FN2O2S/c1-11-18-12(10-21-11)6-7-15(19)17-8-9-20-14-5-3-2-4-13(14)16/h2-7,10H,8-9H2,1H3,(H,17,19)/b7-6+. The number of aromatic nitrogens is 1. The number of nitrogens with one attached hydrogen (secondary N) is 1. The second-order valence-corrected chi connectivity index (χ2v) is 5.26. The van der Waals surface area contributed by atoms with Crippen molar-refractivity contribution in [3.63, 3.8) is 0 Å². The Kier molecular flexibility index (Phi) is 5.45. The molecule has 1 aromatic carbocycles. The molecule has 21 heavy (non-hydrogen) atoms. The number of carbonyl (C=O) groups is 1. The third-order valence-electron chi connectivity index (χ3n) is 2.54. The second-order valence-electron chi connectivity index (χ2n) is 4.19. The highest BCUT2D eigenvalue weighted by Gasteiger charge is 2.01. The molecule has 1 N–H and O–H groups in total. The van der Waals surface area contributed by atoms with E-state index in [1.165, 1.54) is 23.5 Å². The normalized spacial score (nSPS) is 10.8. The van der Waals surface area contributed by atoms with Crippen LogP contribution in [0.2, 0.25) is 0 Å². The molecule has 0 saturated heterocycles. The number of amides is 1. The van der Waals surface area contributed by atoms with Gasteiger partial charge in [-0.3, -0.25) is 4.79 Å². The van der Waals surface area contributed by atoms with E-state index in [0.717, 1.165) is 10.7 Å². The Morgan fingerprint density at radius 2 is 2.29 bits per heavy atom. The van der Waals surface area contributed by atoms with Gasteiger partial charge in [0.15, 0.2) is 11.6 Å². The summed E-state index contributed by atoms with van der Waals surface area (Å²) in [5.74, 6) is -0.472. The lowest BCUT2D eigenvalue weighted by Gasteiger charge is -2.07. The number of nitrogens with zero attached hydrogens (tertiary/aromatic N) is 1. The van der Waals surface area contributed by atoms with Crippen molar-refractivity contribution in [1.82, 2.24) is 10.3 Å². The van der Waals surface area contributed by atoms with Crippen LogP contribution in [-0.4, -0.2) is 24.0 Å². The summed E-state index contributed by atoms with van der Waals surface area (Å²) >= 11 is 1.53. The van der Waals surface area contributed by atoms with Crippen LogP contribution in [0.5, 0.6) is 5.75 Å². The quantitative estimate of drug-likeness (QED) is 0.659. The molecule has 2 aromatic rings. The minimum atomic E-state index is -0.414. The highest BCUT2D eigenvalue weighted by atomic mass is 32.1. The zero-order chi connectivity index (χ0) is 15.1. The first-order chi connectivity index (χ1) is 10.1. The van der Waals surface area contributed by atoms with Crippen LogP contribution in [0.3, 0.4) is 0 Å². The summed E-state index contributed by atoms with van der Waals surface area (Å²) in [6, 6.07) is 6.15. The van der Waals surface area contributed by atoms with Gasteiger partial charge in [-0.15, -0.1) is 11.3 Å². The van der Waals surface area contributed by atoms with Crippen LogP contribution >= 0.6 is 11.3 Å². The number of aryl methyl sites for hydroxylation is 1. The highest BCUT2D eigenvalue weighted by molar-refractivity contribution is 7.09. The van der Waals surface area contributed by atoms with Gasteiger partial charge in [-0.1, -0.05) is 12.1 Å². The molecule has 0 radical (unpaired) electrons. The zero-order valence-corrected chi connectivity index (χ0v) is 12.3. The number of benzene rings is 1. The average molecular weight is 306 g/mol. The number of hydrogen-bond acceptors (Lipinski definition) is 4. The smallest absolute Gasteiger partial charge is 0.244 e. The zero-order valence-electron chi connectivity index (χ0n) is 11.5. The van der Waals surface area contributed by atoms with Crippen molar-refractivity contribution in [1.29, 1.82) is 0 Å². The molecule has 6 heteroatoms. The number of thiazole rings is 1. The van der Waals surface area contributed by atoms with Crippen molar-refractivity contribution in [2.75, 3.05) is 13.2 Å². The first kappa shape index (κ1) is 15.2. The number of rotatable bonds is 6. The second kappa shape index (κ2) is 7.54. The Morgan fingerprint density at radius 1 is 1.48 bits per heavy atom. The largest absolute Gasteiger partial charge is 0.489 e. The summed E-state index contributed by atoms with van der Waals surface area (Å²) in [4.78, 5) is 15.8. The van der Waals surface area contributed by atoms with Crippen LogP contribution in [0.4, 0.5) is 4.39 Å². The van der Waals surface area contributed by atoms with E-state index in [1.54, 1.807) is 24.3 Å². The predicted molar refractivity (Wildman–Crippen MR) is 80.8 cm³/mol. The maximum Gasteiger partial charge on any atom is 0.244 e. The molecule has 0 bridgehead atoms. The molecule has 0 aliphatic carbocycles. The average Bonchev–Trinajstić information content (AvgIpc) is 2.89. The lowest BCUT2D eigenvalue weighted by Crippen LogP contribution is -2.26.